The van der Waals surface area contributed by atoms with Crippen LogP contribution in [0.3, 0.4) is 0 Å². The van der Waals surface area contributed by atoms with Crippen LogP contribution >= 0.6 is 0 Å². The zero-order chi connectivity index (χ0) is 13.7. The van der Waals surface area contributed by atoms with Gasteiger partial charge in [0.05, 0.1) is 33.1 Å². The van der Waals surface area contributed by atoms with Crippen LogP contribution in [0.5, 0.6) is 11.5 Å². The first-order valence-electron chi connectivity index (χ1n) is 6.50. The van der Waals surface area contributed by atoms with E-state index in [0.717, 1.165) is 36.5 Å². The monoisotopic (exact) mass is 263 g/mol. The van der Waals surface area contributed by atoms with Crippen LogP contribution in [0.2, 0.25) is 0 Å². The van der Waals surface area contributed by atoms with Gasteiger partial charge in [-0.2, -0.15) is 0 Å². The van der Waals surface area contributed by atoms with E-state index in [9.17, 15) is 0 Å². The number of benzene rings is 1. The van der Waals surface area contributed by atoms with Gasteiger partial charge in [0.1, 0.15) is 11.5 Å². The molecule has 0 amide bonds. The Balaban J connectivity index is 2.34. The van der Waals surface area contributed by atoms with E-state index in [4.69, 9.17) is 14.2 Å². The number of methoxy groups -OCH3 is 2. The molecule has 1 unspecified atom stereocenters. The molecule has 104 valence electrons. The van der Waals surface area contributed by atoms with Gasteiger partial charge in [-0.25, -0.2) is 0 Å². The predicted molar refractivity (Wildman–Crippen MR) is 74.6 cm³/mol. The summed E-state index contributed by atoms with van der Waals surface area (Å²) in [5, 5.41) is 3.33. The molecule has 2 rings (SSSR count). The van der Waals surface area contributed by atoms with Gasteiger partial charge in [-0.1, -0.05) is 0 Å². The summed E-state index contributed by atoms with van der Waals surface area (Å²) in [6, 6.07) is 6.01. The van der Waals surface area contributed by atoms with Crippen molar-refractivity contribution in [3.05, 3.63) is 35.6 Å². The molecule has 0 aliphatic carbocycles. The Kier molecular flexibility index (Phi) is 4.68. The Hall–Kier alpha value is -1.68. The third kappa shape index (κ3) is 3.01. The van der Waals surface area contributed by atoms with Crippen molar-refractivity contribution in [1.82, 2.24) is 5.32 Å². The van der Waals surface area contributed by atoms with Crippen molar-refractivity contribution in [2.75, 3.05) is 27.9 Å². The molecule has 1 aliphatic heterocycles. The standard InChI is InChI=1S/C15H21NO3/c1-16-15(11-5-4-8-19-10-11)13-7-6-12(17-2)9-14(13)18-3/h6-7,9-10,15-16H,4-5,8H2,1-3H3. The molecule has 0 aromatic heterocycles. The summed E-state index contributed by atoms with van der Waals surface area (Å²) in [5.74, 6) is 1.62. The molecule has 1 N–H and O–H groups in total. The van der Waals surface area contributed by atoms with E-state index in [0.29, 0.717) is 0 Å². The predicted octanol–water partition coefficient (Wildman–Crippen LogP) is 2.66. The third-order valence-corrected chi connectivity index (χ3v) is 3.37. The van der Waals surface area contributed by atoms with Crippen molar-refractivity contribution >= 4 is 0 Å². The largest absolute Gasteiger partial charge is 0.501 e. The van der Waals surface area contributed by atoms with Gasteiger partial charge >= 0.3 is 0 Å². The van der Waals surface area contributed by atoms with Gasteiger partial charge in [0.15, 0.2) is 0 Å². The first-order valence-corrected chi connectivity index (χ1v) is 6.50. The summed E-state index contributed by atoms with van der Waals surface area (Å²) in [5.41, 5.74) is 2.35. The molecule has 1 aromatic carbocycles. The normalized spacial score (nSPS) is 16.3. The van der Waals surface area contributed by atoms with E-state index < -0.39 is 0 Å². The van der Waals surface area contributed by atoms with Crippen molar-refractivity contribution in [2.45, 2.75) is 18.9 Å². The second-order valence-electron chi connectivity index (χ2n) is 4.50. The van der Waals surface area contributed by atoms with Crippen LogP contribution < -0.4 is 14.8 Å². The van der Waals surface area contributed by atoms with Gasteiger partial charge in [0.2, 0.25) is 0 Å². The average Bonchev–Trinajstić information content (AvgIpc) is 2.49. The highest BCUT2D eigenvalue weighted by atomic mass is 16.5. The van der Waals surface area contributed by atoms with Crippen molar-refractivity contribution in [3.8, 4) is 11.5 Å². The number of ether oxygens (including phenoxy) is 3. The van der Waals surface area contributed by atoms with Crippen LogP contribution in [0.4, 0.5) is 0 Å². The lowest BCUT2D eigenvalue weighted by atomic mass is 9.94. The van der Waals surface area contributed by atoms with E-state index in [-0.39, 0.29) is 6.04 Å². The molecule has 1 heterocycles. The molecular formula is C15H21NO3. The Morgan fingerprint density at radius 1 is 1.26 bits per heavy atom. The fraction of sp³-hybridized carbons (Fsp3) is 0.467. The molecule has 4 heteroatoms. The molecule has 0 bridgehead atoms. The smallest absolute Gasteiger partial charge is 0.127 e. The van der Waals surface area contributed by atoms with Gasteiger partial charge in [0.25, 0.3) is 0 Å². The second-order valence-corrected chi connectivity index (χ2v) is 4.50. The Bertz CT molecular complexity index is 457. The Labute approximate surface area is 114 Å². The molecule has 1 atom stereocenters. The van der Waals surface area contributed by atoms with Crippen molar-refractivity contribution < 1.29 is 14.2 Å². The average molecular weight is 263 g/mol. The van der Waals surface area contributed by atoms with Crippen LogP contribution in [0, 0.1) is 0 Å². The molecule has 4 nitrogen and oxygen atoms in total. The minimum atomic E-state index is 0.112. The molecule has 0 spiro atoms. The number of likely N-dealkylation sites (N-methyl/N-ethyl adjacent to an activating group) is 1. The van der Waals surface area contributed by atoms with E-state index in [1.54, 1.807) is 14.2 Å². The van der Waals surface area contributed by atoms with Crippen molar-refractivity contribution in [1.29, 1.82) is 0 Å². The van der Waals surface area contributed by atoms with E-state index in [1.807, 2.05) is 31.5 Å². The first-order chi connectivity index (χ1) is 9.30. The number of nitrogens with one attached hydrogen (secondary N) is 1. The van der Waals surface area contributed by atoms with Gasteiger partial charge in [-0.15, -0.1) is 0 Å². The molecule has 0 saturated heterocycles. The number of hydrogen-bond acceptors (Lipinski definition) is 4. The molecule has 0 fully saturated rings. The second kappa shape index (κ2) is 6.48. The highest BCUT2D eigenvalue weighted by molar-refractivity contribution is 5.45. The van der Waals surface area contributed by atoms with Crippen LogP contribution in [0.25, 0.3) is 0 Å². The van der Waals surface area contributed by atoms with Gasteiger partial charge in [0, 0.05) is 11.6 Å². The zero-order valence-corrected chi connectivity index (χ0v) is 11.7. The summed E-state index contributed by atoms with van der Waals surface area (Å²) in [6.07, 6.45) is 3.97. The van der Waals surface area contributed by atoms with Crippen LogP contribution in [0.1, 0.15) is 24.4 Å². The molecule has 0 saturated carbocycles. The number of hydrogen-bond donors (Lipinski definition) is 1. The van der Waals surface area contributed by atoms with Gasteiger partial charge < -0.3 is 19.5 Å². The summed E-state index contributed by atoms with van der Waals surface area (Å²) >= 11 is 0. The summed E-state index contributed by atoms with van der Waals surface area (Å²) in [4.78, 5) is 0. The third-order valence-electron chi connectivity index (χ3n) is 3.37. The maximum Gasteiger partial charge on any atom is 0.127 e. The lowest BCUT2D eigenvalue weighted by molar-refractivity contribution is 0.219. The Morgan fingerprint density at radius 3 is 2.68 bits per heavy atom. The first kappa shape index (κ1) is 13.7. The summed E-state index contributed by atoms with van der Waals surface area (Å²) in [7, 11) is 5.28. The minimum absolute atomic E-state index is 0.112. The number of rotatable bonds is 5. The van der Waals surface area contributed by atoms with Crippen LogP contribution in [0.15, 0.2) is 30.0 Å². The topological polar surface area (TPSA) is 39.7 Å². The van der Waals surface area contributed by atoms with Crippen LogP contribution in [-0.4, -0.2) is 27.9 Å². The maximum absolute atomic E-state index is 5.47. The zero-order valence-electron chi connectivity index (χ0n) is 11.7. The highest BCUT2D eigenvalue weighted by Crippen LogP contribution is 2.35. The summed E-state index contributed by atoms with van der Waals surface area (Å²) < 4.78 is 16.1. The van der Waals surface area contributed by atoms with Gasteiger partial charge in [-0.3, -0.25) is 0 Å². The fourth-order valence-corrected chi connectivity index (χ4v) is 2.39. The lowest BCUT2D eigenvalue weighted by Crippen LogP contribution is -2.21. The van der Waals surface area contributed by atoms with Crippen molar-refractivity contribution in [3.63, 3.8) is 0 Å². The molecule has 19 heavy (non-hydrogen) atoms. The van der Waals surface area contributed by atoms with Gasteiger partial charge in [-0.05, 0) is 37.6 Å². The van der Waals surface area contributed by atoms with Crippen LogP contribution in [-0.2, 0) is 4.74 Å². The van der Waals surface area contributed by atoms with E-state index in [2.05, 4.69) is 5.32 Å². The van der Waals surface area contributed by atoms with E-state index in [1.165, 1.54) is 5.57 Å². The highest BCUT2D eigenvalue weighted by Gasteiger charge is 2.21. The quantitative estimate of drug-likeness (QED) is 0.886. The maximum atomic E-state index is 5.47. The SMILES string of the molecule is CNC(C1=COCCC1)c1ccc(OC)cc1OC. The Morgan fingerprint density at radius 2 is 2.11 bits per heavy atom. The van der Waals surface area contributed by atoms with E-state index >= 15 is 0 Å². The van der Waals surface area contributed by atoms with Crippen molar-refractivity contribution in [2.24, 2.45) is 0 Å². The molecule has 1 aliphatic rings. The molecular weight excluding hydrogens is 242 g/mol. The fourth-order valence-electron chi connectivity index (χ4n) is 2.39. The molecule has 0 radical (unpaired) electrons. The minimum Gasteiger partial charge on any atom is -0.501 e. The molecule has 1 aromatic rings. The lowest BCUT2D eigenvalue weighted by Gasteiger charge is -2.25. The summed E-state index contributed by atoms with van der Waals surface area (Å²) in [6.45, 7) is 0.805.